The molecule has 1 aliphatic rings. The number of amides is 3. The molecule has 3 rings (SSSR count). The lowest BCUT2D eigenvalue weighted by Crippen LogP contribution is -2.37. The fraction of sp³-hybridized carbons (Fsp3) is 0.111. The molecule has 1 fully saturated rings. The van der Waals surface area contributed by atoms with Crippen molar-refractivity contribution in [2.75, 3.05) is 13.1 Å². The maximum absolute atomic E-state index is 13.5. The summed E-state index contributed by atoms with van der Waals surface area (Å²) in [6.07, 6.45) is 4.75. The molecular weight excluding hydrogens is 428 g/mol. The number of nitrogens with one attached hydrogen (secondary N) is 1. The molecule has 0 radical (unpaired) electrons. The highest BCUT2D eigenvalue weighted by Gasteiger charge is 2.34. The van der Waals surface area contributed by atoms with Crippen LogP contribution in [0.3, 0.4) is 0 Å². The van der Waals surface area contributed by atoms with E-state index in [0.717, 1.165) is 28.8 Å². The fourth-order valence-electron chi connectivity index (χ4n) is 2.38. The lowest BCUT2D eigenvalue weighted by Gasteiger charge is -2.13. The van der Waals surface area contributed by atoms with E-state index in [1.54, 1.807) is 30.6 Å². The van der Waals surface area contributed by atoms with Crippen LogP contribution < -0.4 is 5.32 Å². The lowest BCUT2D eigenvalue weighted by molar-refractivity contribution is -0.122. The van der Waals surface area contributed by atoms with Crippen molar-refractivity contribution >= 4 is 58.1 Å². The van der Waals surface area contributed by atoms with Gasteiger partial charge in [0.05, 0.1) is 20.5 Å². The molecule has 1 saturated heterocycles. The number of rotatable bonds is 5. The van der Waals surface area contributed by atoms with Gasteiger partial charge in [-0.05, 0) is 41.6 Å². The monoisotopic (exact) mass is 439 g/mol. The first-order valence-electron chi connectivity index (χ1n) is 7.95. The predicted octanol–water partition coefficient (Wildman–Crippen LogP) is 3.99. The Bertz CT molecular complexity index is 986. The zero-order valence-electron chi connectivity index (χ0n) is 14.1. The van der Waals surface area contributed by atoms with Crippen molar-refractivity contribution in [1.29, 1.82) is 0 Å². The van der Waals surface area contributed by atoms with Gasteiger partial charge in [0, 0.05) is 25.5 Å². The van der Waals surface area contributed by atoms with Crippen molar-refractivity contribution in [3.05, 3.63) is 68.6 Å². The van der Waals surface area contributed by atoms with Crippen molar-refractivity contribution in [2.45, 2.75) is 0 Å². The molecule has 1 aromatic heterocycles. The van der Waals surface area contributed by atoms with Gasteiger partial charge in [-0.15, -0.1) is 0 Å². The van der Waals surface area contributed by atoms with Crippen molar-refractivity contribution < 1.29 is 18.8 Å². The number of benzene rings is 1. The van der Waals surface area contributed by atoms with Crippen LogP contribution in [-0.2, 0) is 4.79 Å². The molecule has 0 saturated carbocycles. The lowest BCUT2D eigenvalue weighted by atomic mass is 10.2. The third-order valence-corrected chi connectivity index (χ3v) is 5.24. The first-order chi connectivity index (χ1) is 13.4. The molecule has 144 valence electrons. The molecule has 1 aliphatic heterocycles. The second-order valence-corrected chi connectivity index (χ2v) is 7.43. The highest BCUT2D eigenvalue weighted by Crippen LogP contribution is 2.31. The van der Waals surface area contributed by atoms with E-state index in [-0.39, 0.29) is 33.6 Å². The van der Waals surface area contributed by atoms with E-state index in [0.29, 0.717) is 5.56 Å². The van der Waals surface area contributed by atoms with Crippen LogP contribution in [-0.4, -0.2) is 40.0 Å². The standard InChI is InChI=1S/C18H12Cl2FN3O3S/c19-12-8-13(20)14(21)7-11(12)16(25)23-4-5-24-17(26)15(28-18(24)27)6-10-2-1-3-22-9-10/h1-3,6-9H,4-5H2,(H,23,25)/b15-6+. The fourth-order valence-corrected chi connectivity index (χ4v) is 3.71. The van der Waals surface area contributed by atoms with E-state index in [1.807, 2.05) is 0 Å². The molecule has 2 heterocycles. The maximum atomic E-state index is 13.5. The third-order valence-electron chi connectivity index (χ3n) is 3.73. The summed E-state index contributed by atoms with van der Waals surface area (Å²) in [6, 6.07) is 5.54. The zero-order valence-corrected chi connectivity index (χ0v) is 16.4. The first-order valence-corrected chi connectivity index (χ1v) is 9.52. The van der Waals surface area contributed by atoms with E-state index >= 15 is 0 Å². The van der Waals surface area contributed by atoms with Crippen LogP contribution in [0.25, 0.3) is 6.08 Å². The molecule has 0 spiro atoms. The summed E-state index contributed by atoms with van der Waals surface area (Å²) in [7, 11) is 0. The molecule has 1 aromatic carbocycles. The van der Waals surface area contributed by atoms with Gasteiger partial charge in [-0.1, -0.05) is 29.3 Å². The van der Waals surface area contributed by atoms with Gasteiger partial charge in [-0.2, -0.15) is 0 Å². The second kappa shape index (κ2) is 8.72. The van der Waals surface area contributed by atoms with Gasteiger partial charge in [0.25, 0.3) is 17.1 Å². The largest absolute Gasteiger partial charge is 0.350 e. The maximum Gasteiger partial charge on any atom is 0.293 e. The highest BCUT2D eigenvalue weighted by molar-refractivity contribution is 8.18. The molecule has 0 aliphatic carbocycles. The summed E-state index contributed by atoms with van der Waals surface area (Å²) >= 11 is 12.3. The minimum atomic E-state index is -0.775. The molecule has 10 heteroatoms. The van der Waals surface area contributed by atoms with E-state index in [9.17, 15) is 18.8 Å². The average molecular weight is 440 g/mol. The Morgan fingerprint density at radius 3 is 2.79 bits per heavy atom. The van der Waals surface area contributed by atoms with E-state index < -0.39 is 22.9 Å². The van der Waals surface area contributed by atoms with Crippen molar-refractivity contribution in [1.82, 2.24) is 15.2 Å². The van der Waals surface area contributed by atoms with Crippen LogP contribution in [0.4, 0.5) is 9.18 Å². The Morgan fingerprint density at radius 2 is 2.07 bits per heavy atom. The Labute approximate surface area is 173 Å². The Kier molecular flexibility index (Phi) is 6.33. The molecular formula is C18H12Cl2FN3O3S. The molecule has 1 N–H and O–H groups in total. The number of carbonyl (C=O) groups excluding carboxylic acids is 3. The Hall–Kier alpha value is -2.42. The second-order valence-electron chi connectivity index (χ2n) is 5.62. The minimum absolute atomic E-state index is 0.00512. The summed E-state index contributed by atoms with van der Waals surface area (Å²) in [5.74, 6) is -1.87. The topological polar surface area (TPSA) is 79.4 Å². The van der Waals surface area contributed by atoms with Crippen molar-refractivity contribution in [3.63, 3.8) is 0 Å². The smallest absolute Gasteiger partial charge is 0.293 e. The molecule has 6 nitrogen and oxygen atoms in total. The minimum Gasteiger partial charge on any atom is -0.350 e. The number of aromatic nitrogens is 1. The zero-order chi connectivity index (χ0) is 20.3. The van der Waals surface area contributed by atoms with Crippen molar-refractivity contribution in [2.24, 2.45) is 0 Å². The molecule has 3 amide bonds. The van der Waals surface area contributed by atoms with Crippen LogP contribution >= 0.6 is 35.0 Å². The summed E-state index contributed by atoms with van der Waals surface area (Å²) in [4.78, 5) is 41.9. The highest BCUT2D eigenvalue weighted by atomic mass is 35.5. The molecule has 0 unspecified atom stereocenters. The first kappa shape index (κ1) is 20.3. The van der Waals surface area contributed by atoms with Gasteiger partial charge in [0.1, 0.15) is 5.82 Å². The number of imide groups is 1. The summed E-state index contributed by atoms with van der Waals surface area (Å²) in [5, 5.41) is 1.86. The van der Waals surface area contributed by atoms with E-state index in [4.69, 9.17) is 23.2 Å². The van der Waals surface area contributed by atoms with Crippen LogP contribution in [0.5, 0.6) is 0 Å². The molecule has 0 atom stereocenters. The van der Waals surface area contributed by atoms with Crippen LogP contribution in [0.2, 0.25) is 10.0 Å². The Balaban J connectivity index is 1.61. The van der Waals surface area contributed by atoms with Gasteiger partial charge in [0.2, 0.25) is 0 Å². The number of carbonyl (C=O) groups is 3. The number of nitrogens with zero attached hydrogens (tertiary/aromatic N) is 2. The summed E-state index contributed by atoms with van der Waals surface area (Å²) < 4.78 is 13.5. The average Bonchev–Trinajstić information content (AvgIpc) is 2.92. The number of pyridine rings is 1. The SMILES string of the molecule is O=C(NCCN1C(=O)S/C(=C/c2cccnc2)C1=O)c1cc(F)c(Cl)cc1Cl. The Morgan fingerprint density at radius 1 is 1.29 bits per heavy atom. The third kappa shape index (κ3) is 4.52. The number of thioether (sulfide) groups is 1. The van der Waals surface area contributed by atoms with Crippen LogP contribution in [0, 0.1) is 5.82 Å². The van der Waals surface area contributed by atoms with Crippen molar-refractivity contribution in [3.8, 4) is 0 Å². The molecule has 0 bridgehead atoms. The van der Waals surface area contributed by atoms with E-state index in [1.165, 1.54) is 0 Å². The molecule has 2 aromatic rings. The summed E-state index contributed by atoms with van der Waals surface area (Å²) in [6.45, 7) is -0.0495. The van der Waals surface area contributed by atoms with Gasteiger partial charge >= 0.3 is 0 Å². The van der Waals surface area contributed by atoms with Gasteiger partial charge in [-0.3, -0.25) is 24.3 Å². The molecule has 28 heavy (non-hydrogen) atoms. The van der Waals surface area contributed by atoms with Gasteiger partial charge < -0.3 is 5.32 Å². The number of hydrogen-bond acceptors (Lipinski definition) is 5. The van der Waals surface area contributed by atoms with Crippen LogP contribution in [0.15, 0.2) is 41.6 Å². The normalized spacial score (nSPS) is 15.4. The number of halogens is 3. The van der Waals surface area contributed by atoms with Gasteiger partial charge in [0.15, 0.2) is 0 Å². The quantitative estimate of drug-likeness (QED) is 0.562. The van der Waals surface area contributed by atoms with E-state index in [2.05, 4.69) is 10.3 Å². The summed E-state index contributed by atoms with van der Waals surface area (Å²) in [5.41, 5.74) is 0.606. The van der Waals surface area contributed by atoms with Crippen LogP contribution in [0.1, 0.15) is 15.9 Å². The predicted molar refractivity (Wildman–Crippen MR) is 106 cm³/mol. The van der Waals surface area contributed by atoms with Gasteiger partial charge in [-0.25, -0.2) is 4.39 Å². The number of hydrogen-bond donors (Lipinski definition) is 1.